The van der Waals surface area contributed by atoms with Crippen LogP contribution in [-0.4, -0.2) is 16.6 Å². The van der Waals surface area contributed by atoms with E-state index in [9.17, 15) is 4.79 Å². The maximum absolute atomic E-state index is 13.0. The van der Waals surface area contributed by atoms with Gasteiger partial charge in [0, 0.05) is 15.4 Å². The Morgan fingerprint density at radius 2 is 1.62 bits per heavy atom. The number of nitrogens with zero attached hydrogens (tertiary/aromatic N) is 2. The fraction of sp³-hybridized carbons (Fsp3) is 0.0417. The van der Waals surface area contributed by atoms with Gasteiger partial charge in [0.15, 0.2) is 0 Å². The first-order valence-electron chi connectivity index (χ1n) is 9.17. The van der Waals surface area contributed by atoms with Crippen molar-refractivity contribution in [1.82, 2.24) is 10.4 Å². The zero-order valence-corrected chi connectivity index (χ0v) is 17.3. The Morgan fingerprint density at radius 3 is 2.38 bits per heavy atom. The second kappa shape index (κ2) is 8.37. The number of fused-ring (bicyclic) bond motifs is 1. The summed E-state index contributed by atoms with van der Waals surface area (Å²) >= 11 is 3.42. The van der Waals surface area contributed by atoms with E-state index in [0.29, 0.717) is 5.56 Å². The van der Waals surface area contributed by atoms with Crippen LogP contribution in [0.1, 0.15) is 22.8 Å². The van der Waals surface area contributed by atoms with E-state index in [1.807, 2.05) is 91.9 Å². The van der Waals surface area contributed by atoms with Crippen LogP contribution in [0, 0.1) is 0 Å². The molecule has 0 unspecified atom stereocenters. The second-order valence-corrected chi connectivity index (χ2v) is 7.50. The highest BCUT2D eigenvalue weighted by atomic mass is 79.9. The molecule has 1 N–H and O–H groups in total. The minimum absolute atomic E-state index is 0.266. The third-order valence-corrected chi connectivity index (χ3v) is 5.15. The third kappa shape index (κ3) is 4.25. The van der Waals surface area contributed by atoms with Gasteiger partial charge in [0.2, 0.25) is 0 Å². The fourth-order valence-corrected chi connectivity index (χ4v) is 3.33. The predicted molar refractivity (Wildman–Crippen MR) is 121 cm³/mol. The highest BCUT2D eigenvalue weighted by molar-refractivity contribution is 9.10. The Morgan fingerprint density at radius 1 is 0.931 bits per heavy atom. The molecule has 0 atom stereocenters. The molecular weight excluding hydrogens is 426 g/mol. The van der Waals surface area contributed by atoms with Crippen molar-refractivity contribution in [3.05, 3.63) is 101 Å². The van der Waals surface area contributed by atoms with E-state index in [1.165, 1.54) is 0 Å². The van der Waals surface area contributed by atoms with Crippen LogP contribution >= 0.6 is 15.9 Å². The number of rotatable bonds is 4. The Labute approximate surface area is 177 Å². The first-order valence-corrected chi connectivity index (χ1v) is 9.97. The molecule has 4 rings (SSSR count). The summed E-state index contributed by atoms with van der Waals surface area (Å²) < 4.78 is 0.995. The van der Waals surface area contributed by atoms with E-state index in [-0.39, 0.29) is 5.91 Å². The van der Waals surface area contributed by atoms with Crippen LogP contribution in [-0.2, 0) is 0 Å². The van der Waals surface area contributed by atoms with Crippen molar-refractivity contribution < 1.29 is 4.79 Å². The summed E-state index contributed by atoms with van der Waals surface area (Å²) in [4.78, 5) is 17.7. The number of benzene rings is 3. The lowest BCUT2D eigenvalue weighted by atomic mass is 10.0. The number of halogens is 1. The molecule has 0 fully saturated rings. The van der Waals surface area contributed by atoms with Crippen LogP contribution in [0.4, 0.5) is 0 Å². The molecule has 29 heavy (non-hydrogen) atoms. The number of nitrogens with one attached hydrogen (secondary N) is 1. The summed E-state index contributed by atoms with van der Waals surface area (Å²) in [6.45, 7) is 1.86. The first-order chi connectivity index (χ1) is 14.1. The summed E-state index contributed by atoms with van der Waals surface area (Å²) in [6.07, 6.45) is 0. The van der Waals surface area contributed by atoms with E-state index >= 15 is 0 Å². The lowest BCUT2D eigenvalue weighted by Crippen LogP contribution is -2.20. The van der Waals surface area contributed by atoms with Crippen molar-refractivity contribution in [2.45, 2.75) is 6.92 Å². The quantitative estimate of drug-likeness (QED) is 0.319. The largest absolute Gasteiger partial charge is 0.272 e. The standard InChI is InChI=1S/C24H18BrN3O/c1-16(17-11-13-19(25)14-12-17)27-28-24(29)21-15-23(18-7-3-2-4-8-18)26-22-10-6-5-9-20(21)22/h2-15H,1H3,(H,28,29)/b27-16-. The molecule has 0 radical (unpaired) electrons. The average Bonchev–Trinajstić information content (AvgIpc) is 2.77. The van der Waals surface area contributed by atoms with Crippen molar-refractivity contribution in [3.8, 4) is 11.3 Å². The number of para-hydroxylation sites is 1. The summed E-state index contributed by atoms with van der Waals surface area (Å²) in [5.74, 6) is -0.266. The van der Waals surface area contributed by atoms with Crippen LogP contribution < -0.4 is 5.43 Å². The number of hydrogen-bond acceptors (Lipinski definition) is 3. The number of amides is 1. The molecule has 1 heterocycles. The smallest absolute Gasteiger partial charge is 0.267 e. The van der Waals surface area contributed by atoms with Crippen molar-refractivity contribution in [2.24, 2.45) is 5.10 Å². The molecule has 1 amide bonds. The SMILES string of the molecule is C/C(=N/NC(=O)c1cc(-c2ccccc2)nc2ccccc12)c1ccc(Br)cc1. The molecule has 0 spiro atoms. The monoisotopic (exact) mass is 443 g/mol. The molecule has 0 aliphatic carbocycles. The molecule has 3 aromatic carbocycles. The molecule has 0 saturated heterocycles. The number of aromatic nitrogens is 1. The van der Waals surface area contributed by atoms with Crippen LogP contribution in [0.3, 0.4) is 0 Å². The Bertz CT molecular complexity index is 1200. The molecule has 0 aliphatic rings. The van der Waals surface area contributed by atoms with E-state index in [0.717, 1.165) is 37.9 Å². The lowest BCUT2D eigenvalue weighted by Gasteiger charge is -2.09. The molecule has 0 saturated carbocycles. The van der Waals surface area contributed by atoms with E-state index in [1.54, 1.807) is 0 Å². The van der Waals surface area contributed by atoms with Gasteiger partial charge in [-0.1, -0.05) is 76.6 Å². The lowest BCUT2D eigenvalue weighted by molar-refractivity contribution is 0.0956. The maximum atomic E-state index is 13.0. The molecule has 4 aromatic rings. The van der Waals surface area contributed by atoms with Gasteiger partial charge in [-0.2, -0.15) is 5.10 Å². The molecule has 4 nitrogen and oxygen atoms in total. The third-order valence-electron chi connectivity index (χ3n) is 4.62. The minimum Gasteiger partial charge on any atom is -0.267 e. The molecular formula is C24H18BrN3O. The van der Waals surface area contributed by atoms with Gasteiger partial charge in [-0.05, 0) is 36.8 Å². The van der Waals surface area contributed by atoms with E-state index in [4.69, 9.17) is 4.98 Å². The Kier molecular flexibility index (Phi) is 5.49. The Hall–Kier alpha value is -3.31. The van der Waals surface area contributed by atoms with Gasteiger partial charge in [0.1, 0.15) is 0 Å². The summed E-state index contributed by atoms with van der Waals surface area (Å²) in [7, 11) is 0. The maximum Gasteiger partial charge on any atom is 0.272 e. The topological polar surface area (TPSA) is 54.4 Å². The van der Waals surface area contributed by atoms with Crippen molar-refractivity contribution in [1.29, 1.82) is 0 Å². The molecule has 142 valence electrons. The number of carbonyl (C=O) groups is 1. The van der Waals surface area contributed by atoms with Crippen molar-refractivity contribution >= 4 is 38.5 Å². The summed E-state index contributed by atoms with van der Waals surface area (Å²) in [6, 6.07) is 27.1. The second-order valence-electron chi connectivity index (χ2n) is 6.58. The molecule has 5 heteroatoms. The van der Waals surface area contributed by atoms with Gasteiger partial charge in [-0.15, -0.1) is 0 Å². The number of hydrogen-bond donors (Lipinski definition) is 1. The number of carbonyl (C=O) groups excluding carboxylic acids is 1. The highest BCUT2D eigenvalue weighted by Crippen LogP contribution is 2.24. The van der Waals surface area contributed by atoms with E-state index < -0.39 is 0 Å². The number of pyridine rings is 1. The fourth-order valence-electron chi connectivity index (χ4n) is 3.07. The summed E-state index contributed by atoms with van der Waals surface area (Å²) in [5.41, 5.74) is 7.39. The van der Waals surface area contributed by atoms with Crippen LogP contribution in [0.25, 0.3) is 22.2 Å². The average molecular weight is 444 g/mol. The van der Waals surface area contributed by atoms with Gasteiger partial charge < -0.3 is 0 Å². The van der Waals surface area contributed by atoms with Crippen LogP contribution in [0.5, 0.6) is 0 Å². The number of hydrazone groups is 1. The minimum atomic E-state index is -0.266. The van der Waals surface area contributed by atoms with Gasteiger partial charge in [0.25, 0.3) is 5.91 Å². The highest BCUT2D eigenvalue weighted by Gasteiger charge is 2.13. The molecule has 0 bridgehead atoms. The van der Waals surface area contributed by atoms with Gasteiger partial charge in [-0.3, -0.25) is 4.79 Å². The first kappa shape index (κ1) is 19.0. The van der Waals surface area contributed by atoms with Gasteiger partial charge in [0.05, 0.1) is 22.5 Å². The molecule has 1 aromatic heterocycles. The Balaban J connectivity index is 1.69. The van der Waals surface area contributed by atoms with Crippen LogP contribution in [0.15, 0.2) is 94.5 Å². The van der Waals surface area contributed by atoms with Gasteiger partial charge >= 0.3 is 0 Å². The normalized spacial score (nSPS) is 11.4. The van der Waals surface area contributed by atoms with Crippen molar-refractivity contribution in [2.75, 3.05) is 0 Å². The summed E-state index contributed by atoms with van der Waals surface area (Å²) in [5, 5.41) is 5.08. The predicted octanol–water partition coefficient (Wildman–Crippen LogP) is 5.82. The van der Waals surface area contributed by atoms with Gasteiger partial charge in [-0.25, -0.2) is 10.4 Å². The van der Waals surface area contributed by atoms with Crippen molar-refractivity contribution in [3.63, 3.8) is 0 Å². The van der Waals surface area contributed by atoms with Crippen LogP contribution in [0.2, 0.25) is 0 Å². The van der Waals surface area contributed by atoms with E-state index in [2.05, 4.69) is 26.5 Å². The molecule has 0 aliphatic heterocycles. The zero-order chi connectivity index (χ0) is 20.2. The zero-order valence-electron chi connectivity index (χ0n) is 15.8.